The van der Waals surface area contributed by atoms with Crippen molar-refractivity contribution in [3.63, 3.8) is 0 Å². The molecule has 0 spiro atoms. The molecule has 1 aromatic heterocycles. The lowest BCUT2D eigenvalue weighted by molar-refractivity contribution is -0.121. The van der Waals surface area contributed by atoms with E-state index in [1.165, 1.54) is 19.3 Å². The van der Waals surface area contributed by atoms with Crippen molar-refractivity contribution in [2.45, 2.75) is 77.3 Å². The molecule has 6 heteroatoms. The van der Waals surface area contributed by atoms with E-state index in [0.29, 0.717) is 25.9 Å². The highest BCUT2D eigenvalue weighted by molar-refractivity contribution is 5.78. The number of carbonyl (C=O) groups is 2. The second-order valence-corrected chi connectivity index (χ2v) is 7.41. The molecular weight excluding hydrogens is 340 g/mol. The molecule has 1 aromatic rings. The first-order chi connectivity index (χ1) is 13.1. The van der Waals surface area contributed by atoms with Gasteiger partial charge in [0.25, 0.3) is 0 Å². The summed E-state index contributed by atoms with van der Waals surface area (Å²) in [6.07, 6.45) is 9.43. The monoisotopic (exact) mass is 374 g/mol. The molecule has 1 heterocycles. The van der Waals surface area contributed by atoms with E-state index in [-0.39, 0.29) is 24.0 Å². The second kappa shape index (κ2) is 11.6. The number of nitrogens with one attached hydrogen (secondary N) is 2. The molecule has 2 rings (SSSR count). The minimum Gasteiger partial charge on any atom is -0.356 e. The molecule has 1 fully saturated rings. The number of pyridine rings is 1. The van der Waals surface area contributed by atoms with Crippen molar-refractivity contribution >= 4 is 11.9 Å². The molecular formula is C21H34N4O2. The Morgan fingerprint density at radius 3 is 2.70 bits per heavy atom. The molecule has 1 atom stereocenters. The van der Waals surface area contributed by atoms with Crippen LogP contribution in [0.4, 0.5) is 4.79 Å². The molecule has 1 aliphatic carbocycles. The van der Waals surface area contributed by atoms with Crippen LogP contribution in [-0.4, -0.2) is 47.0 Å². The zero-order valence-electron chi connectivity index (χ0n) is 16.7. The van der Waals surface area contributed by atoms with E-state index in [1.807, 2.05) is 30.0 Å². The third-order valence-electron chi connectivity index (χ3n) is 5.33. The third kappa shape index (κ3) is 7.57. The van der Waals surface area contributed by atoms with Crippen LogP contribution in [0.15, 0.2) is 24.4 Å². The smallest absolute Gasteiger partial charge is 0.317 e. The number of nitrogens with zero attached hydrogens (tertiary/aromatic N) is 2. The van der Waals surface area contributed by atoms with Gasteiger partial charge in [0.15, 0.2) is 0 Å². The van der Waals surface area contributed by atoms with Crippen LogP contribution in [0.1, 0.15) is 64.5 Å². The minimum absolute atomic E-state index is 0.0234. The number of hydrogen-bond donors (Lipinski definition) is 2. The largest absolute Gasteiger partial charge is 0.356 e. The van der Waals surface area contributed by atoms with Gasteiger partial charge in [-0.1, -0.05) is 32.3 Å². The highest BCUT2D eigenvalue weighted by Gasteiger charge is 2.23. The van der Waals surface area contributed by atoms with Crippen LogP contribution in [0.5, 0.6) is 0 Å². The van der Waals surface area contributed by atoms with Gasteiger partial charge in [-0.05, 0) is 38.3 Å². The first-order valence-electron chi connectivity index (χ1n) is 10.3. The van der Waals surface area contributed by atoms with E-state index in [1.54, 1.807) is 6.20 Å². The van der Waals surface area contributed by atoms with Gasteiger partial charge in [-0.2, -0.15) is 0 Å². The van der Waals surface area contributed by atoms with E-state index in [4.69, 9.17) is 0 Å². The molecule has 1 saturated carbocycles. The van der Waals surface area contributed by atoms with Crippen molar-refractivity contribution in [1.29, 1.82) is 0 Å². The summed E-state index contributed by atoms with van der Waals surface area (Å²) < 4.78 is 0. The van der Waals surface area contributed by atoms with Gasteiger partial charge in [-0.15, -0.1) is 0 Å². The van der Waals surface area contributed by atoms with Crippen LogP contribution in [0.2, 0.25) is 0 Å². The summed E-state index contributed by atoms with van der Waals surface area (Å²) in [4.78, 5) is 30.9. The quantitative estimate of drug-likeness (QED) is 0.697. The summed E-state index contributed by atoms with van der Waals surface area (Å²) in [7, 11) is 0. The van der Waals surface area contributed by atoms with Crippen molar-refractivity contribution in [2.75, 3.05) is 13.1 Å². The molecule has 150 valence electrons. The first kappa shape index (κ1) is 21.2. The Kier molecular flexibility index (Phi) is 9.08. The topological polar surface area (TPSA) is 74.3 Å². The fraction of sp³-hybridized carbons (Fsp3) is 0.667. The van der Waals surface area contributed by atoms with Crippen LogP contribution < -0.4 is 10.6 Å². The Morgan fingerprint density at radius 2 is 2.04 bits per heavy atom. The van der Waals surface area contributed by atoms with Gasteiger partial charge in [0.05, 0.1) is 0 Å². The lowest BCUT2D eigenvalue weighted by atomic mass is 9.96. The Bertz CT molecular complexity index is 573. The SMILES string of the molecule is CCC(C)N(CCC(=O)NCCc1ccccn1)C(=O)NC1CCCCC1. The number of urea groups is 1. The maximum Gasteiger partial charge on any atom is 0.317 e. The Labute approximate surface area is 163 Å². The summed E-state index contributed by atoms with van der Waals surface area (Å²) >= 11 is 0. The molecule has 0 bridgehead atoms. The lowest BCUT2D eigenvalue weighted by Crippen LogP contribution is -2.49. The highest BCUT2D eigenvalue weighted by Crippen LogP contribution is 2.18. The van der Waals surface area contributed by atoms with E-state index in [0.717, 1.165) is 25.0 Å². The van der Waals surface area contributed by atoms with Crippen LogP contribution in [0, 0.1) is 0 Å². The second-order valence-electron chi connectivity index (χ2n) is 7.41. The van der Waals surface area contributed by atoms with Crippen LogP contribution in [0.3, 0.4) is 0 Å². The van der Waals surface area contributed by atoms with Crippen LogP contribution in [-0.2, 0) is 11.2 Å². The predicted molar refractivity (Wildman–Crippen MR) is 107 cm³/mol. The van der Waals surface area contributed by atoms with Crippen molar-refractivity contribution in [1.82, 2.24) is 20.5 Å². The van der Waals surface area contributed by atoms with Gasteiger partial charge in [0.2, 0.25) is 5.91 Å². The van der Waals surface area contributed by atoms with Gasteiger partial charge in [-0.25, -0.2) is 4.79 Å². The Balaban J connectivity index is 1.75. The normalized spacial score (nSPS) is 15.8. The molecule has 3 amide bonds. The molecule has 6 nitrogen and oxygen atoms in total. The van der Waals surface area contributed by atoms with E-state index >= 15 is 0 Å². The summed E-state index contributed by atoms with van der Waals surface area (Å²) in [5.41, 5.74) is 0.964. The zero-order valence-corrected chi connectivity index (χ0v) is 16.7. The maximum atomic E-state index is 12.7. The summed E-state index contributed by atoms with van der Waals surface area (Å²) in [5, 5.41) is 6.10. The molecule has 27 heavy (non-hydrogen) atoms. The fourth-order valence-electron chi connectivity index (χ4n) is 3.43. The van der Waals surface area contributed by atoms with Crippen LogP contribution in [0.25, 0.3) is 0 Å². The summed E-state index contributed by atoms with van der Waals surface area (Å²) in [5.74, 6) is -0.0234. The molecule has 0 aliphatic heterocycles. The average molecular weight is 375 g/mol. The predicted octanol–water partition coefficient (Wildman–Crippen LogP) is 3.27. The van der Waals surface area contributed by atoms with Crippen molar-refractivity contribution in [3.05, 3.63) is 30.1 Å². The number of aromatic nitrogens is 1. The number of amides is 3. The lowest BCUT2D eigenvalue weighted by Gasteiger charge is -2.32. The molecule has 1 aliphatic rings. The van der Waals surface area contributed by atoms with E-state index in [9.17, 15) is 9.59 Å². The van der Waals surface area contributed by atoms with Crippen molar-refractivity contribution in [3.8, 4) is 0 Å². The molecule has 0 radical (unpaired) electrons. The van der Waals surface area contributed by atoms with Gasteiger partial charge in [-0.3, -0.25) is 9.78 Å². The minimum atomic E-state index is -0.0301. The fourth-order valence-corrected chi connectivity index (χ4v) is 3.43. The van der Waals surface area contributed by atoms with Gasteiger partial charge in [0, 0.05) is 49.9 Å². The summed E-state index contributed by atoms with van der Waals surface area (Å²) in [6.45, 7) is 5.12. The number of hydrogen-bond acceptors (Lipinski definition) is 3. The molecule has 2 N–H and O–H groups in total. The van der Waals surface area contributed by atoms with Crippen molar-refractivity contribution < 1.29 is 9.59 Å². The third-order valence-corrected chi connectivity index (χ3v) is 5.33. The maximum absolute atomic E-state index is 12.7. The van der Waals surface area contributed by atoms with Gasteiger partial charge < -0.3 is 15.5 Å². The van der Waals surface area contributed by atoms with E-state index < -0.39 is 0 Å². The first-order valence-corrected chi connectivity index (χ1v) is 10.3. The van der Waals surface area contributed by atoms with Crippen LogP contribution >= 0.6 is 0 Å². The molecule has 1 unspecified atom stereocenters. The highest BCUT2D eigenvalue weighted by atomic mass is 16.2. The standard InChI is InChI=1S/C21H34N4O2/c1-3-17(2)25(21(27)24-19-10-5-4-6-11-19)16-13-20(26)23-15-12-18-9-7-8-14-22-18/h7-9,14,17,19H,3-6,10-13,15-16H2,1-2H3,(H,23,26)(H,24,27). The molecule has 0 saturated heterocycles. The average Bonchev–Trinajstić information content (AvgIpc) is 2.69. The van der Waals surface area contributed by atoms with Gasteiger partial charge in [0.1, 0.15) is 0 Å². The van der Waals surface area contributed by atoms with Crippen molar-refractivity contribution in [2.24, 2.45) is 0 Å². The number of rotatable bonds is 9. The zero-order chi connectivity index (χ0) is 19.5. The summed E-state index contributed by atoms with van der Waals surface area (Å²) in [6, 6.07) is 6.15. The van der Waals surface area contributed by atoms with E-state index in [2.05, 4.69) is 22.5 Å². The Hall–Kier alpha value is -2.11. The molecule has 0 aromatic carbocycles. The number of carbonyl (C=O) groups excluding carboxylic acids is 2. The van der Waals surface area contributed by atoms with Gasteiger partial charge >= 0.3 is 6.03 Å². The Morgan fingerprint density at radius 1 is 1.26 bits per heavy atom.